The molecule has 2 aromatic carbocycles. The SMILES string of the molecule is Cc1ccc(-c2csc(NC(=O)CN(c3ccccc3C)S(C)(=O)=O)n2)cc1C. The maximum absolute atomic E-state index is 12.5. The molecule has 0 aliphatic heterocycles. The van der Waals surface area contributed by atoms with E-state index >= 15 is 0 Å². The van der Waals surface area contributed by atoms with E-state index in [9.17, 15) is 13.2 Å². The lowest BCUT2D eigenvalue weighted by Crippen LogP contribution is -2.37. The van der Waals surface area contributed by atoms with Gasteiger partial charge in [-0.25, -0.2) is 13.4 Å². The van der Waals surface area contributed by atoms with Crippen molar-refractivity contribution in [2.45, 2.75) is 20.8 Å². The molecule has 3 rings (SSSR count). The highest BCUT2D eigenvalue weighted by atomic mass is 32.2. The van der Waals surface area contributed by atoms with Gasteiger partial charge in [0.1, 0.15) is 6.54 Å². The number of nitrogens with zero attached hydrogens (tertiary/aromatic N) is 2. The number of thiazole rings is 1. The summed E-state index contributed by atoms with van der Waals surface area (Å²) in [5, 5.41) is 5.01. The molecular formula is C21H23N3O3S2. The lowest BCUT2D eigenvalue weighted by molar-refractivity contribution is -0.114. The molecule has 0 bridgehead atoms. The minimum Gasteiger partial charge on any atom is -0.300 e. The fraction of sp³-hybridized carbons (Fsp3) is 0.238. The second kappa shape index (κ2) is 8.34. The van der Waals surface area contributed by atoms with Crippen molar-refractivity contribution >= 4 is 38.1 Å². The number of nitrogens with one attached hydrogen (secondary N) is 1. The van der Waals surface area contributed by atoms with E-state index in [2.05, 4.69) is 16.4 Å². The maximum Gasteiger partial charge on any atom is 0.246 e. The van der Waals surface area contributed by atoms with Crippen LogP contribution in [0, 0.1) is 20.8 Å². The molecule has 0 atom stereocenters. The Morgan fingerprint density at radius 2 is 1.79 bits per heavy atom. The number of benzene rings is 2. The summed E-state index contributed by atoms with van der Waals surface area (Å²) in [6, 6.07) is 13.1. The lowest BCUT2D eigenvalue weighted by Gasteiger charge is -2.23. The number of amides is 1. The number of carbonyl (C=O) groups is 1. The second-order valence-corrected chi connectivity index (χ2v) is 9.71. The van der Waals surface area contributed by atoms with Crippen molar-refractivity contribution in [3.8, 4) is 11.3 Å². The predicted octanol–water partition coefficient (Wildman–Crippen LogP) is 4.14. The van der Waals surface area contributed by atoms with Crippen molar-refractivity contribution in [2.75, 3.05) is 22.4 Å². The zero-order valence-electron chi connectivity index (χ0n) is 16.8. The quantitative estimate of drug-likeness (QED) is 0.639. The Bertz CT molecular complexity index is 1150. The Morgan fingerprint density at radius 3 is 2.45 bits per heavy atom. The van der Waals surface area contributed by atoms with Gasteiger partial charge in [-0.2, -0.15) is 0 Å². The summed E-state index contributed by atoms with van der Waals surface area (Å²) in [5.41, 5.74) is 5.38. The number of carbonyl (C=O) groups excluding carboxylic acids is 1. The molecule has 0 unspecified atom stereocenters. The molecule has 0 radical (unpaired) electrons. The van der Waals surface area contributed by atoms with Gasteiger partial charge in [-0.1, -0.05) is 30.3 Å². The van der Waals surface area contributed by atoms with Crippen LogP contribution in [-0.4, -0.2) is 32.1 Å². The number of rotatable bonds is 6. The topological polar surface area (TPSA) is 79.4 Å². The standard InChI is InChI=1S/C21H23N3O3S2/c1-14-9-10-17(11-16(14)3)18-13-28-21(22-18)23-20(25)12-24(29(4,26)27)19-8-6-5-7-15(19)2/h5-11,13H,12H2,1-4H3,(H,22,23,25). The van der Waals surface area contributed by atoms with Gasteiger partial charge in [-0.05, 0) is 49.6 Å². The van der Waals surface area contributed by atoms with E-state index in [0.29, 0.717) is 10.8 Å². The van der Waals surface area contributed by atoms with Gasteiger partial charge in [0.25, 0.3) is 0 Å². The van der Waals surface area contributed by atoms with Crippen molar-refractivity contribution in [3.05, 3.63) is 64.5 Å². The first kappa shape index (κ1) is 21.0. The van der Waals surface area contributed by atoms with E-state index in [-0.39, 0.29) is 6.54 Å². The maximum atomic E-state index is 12.5. The molecular weight excluding hydrogens is 406 g/mol. The lowest BCUT2D eigenvalue weighted by atomic mass is 10.1. The summed E-state index contributed by atoms with van der Waals surface area (Å²) in [7, 11) is -3.62. The van der Waals surface area contributed by atoms with Crippen LogP contribution in [0.3, 0.4) is 0 Å². The average Bonchev–Trinajstić information content (AvgIpc) is 3.10. The van der Waals surface area contributed by atoms with E-state index < -0.39 is 15.9 Å². The van der Waals surface area contributed by atoms with E-state index in [1.165, 1.54) is 22.5 Å². The highest BCUT2D eigenvalue weighted by molar-refractivity contribution is 7.92. The van der Waals surface area contributed by atoms with Crippen molar-refractivity contribution in [1.29, 1.82) is 0 Å². The Morgan fingerprint density at radius 1 is 1.07 bits per heavy atom. The van der Waals surface area contributed by atoms with E-state index in [4.69, 9.17) is 0 Å². The molecule has 0 aliphatic carbocycles. The number of sulfonamides is 1. The average molecular weight is 430 g/mol. The summed E-state index contributed by atoms with van der Waals surface area (Å²) in [4.78, 5) is 17.0. The highest BCUT2D eigenvalue weighted by Crippen LogP contribution is 2.27. The molecule has 0 saturated carbocycles. The monoisotopic (exact) mass is 429 g/mol. The molecule has 8 heteroatoms. The van der Waals surface area contributed by atoms with Crippen molar-refractivity contribution < 1.29 is 13.2 Å². The van der Waals surface area contributed by atoms with Crippen LogP contribution >= 0.6 is 11.3 Å². The fourth-order valence-corrected chi connectivity index (χ4v) is 4.53. The number of hydrogen-bond donors (Lipinski definition) is 1. The molecule has 0 spiro atoms. The molecule has 0 aliphatic rings. The summed E-state index contributed by atoms with van der Waals surface area (Å²) in [6.45, 7) is 5.58. The molecule has 3 aromatic rings. The molecule has 1 heterocycles. The minimum absolute atomic E-state index is 0.317. The van der Waals surface area contributed by atoms with Crippen molar-refractivity contribution in [3.63, 3.8) is 0 Å². The van der Waals surface area contributed by atoms with Crippen LogP contribution in [0.1, 0.15) is 16.7 Å². The summed E-state index contributed by atoms with van der Waals surface area (Å²) in [5.74, 6) is -0.445. The number of anilines is 2. The van der Waals surface area contributed by atoms with Crippen LogP contribution in [0.2, 0.25) is 0 Å². The van der Waals surface area contributed by atoms with Crippen molar-refractivity contribution in [2.24, 2.45) is 0 Å². The molecule has 29 heavy (non-hydrogen) atoms. The van der Waals surface area contributed by atoms with Gasteiger partial charge < -0.3 is 5.32 Å². The van der Waals surface area contributed by atoms with Crippen LogP contribution in [0.25, 0.3) is 11.3 Å². The number of para-hydroxylation sites is 1. The zero-order valence-corrected chi connectivity index (χ0v) is 18.4. The summed E-state index contributed by atoms with van der Waals surface area (Å²) < 4.78 is 25.6. The first-order chi connectivity index (χ1) is 13.6. The molecule has 6 nitrogen and oxygen atoms in total. The first-order valence-corrected chi connectivity index (χ1v) is 11.7. The third-order valence-corrected chi connectivity index (χ3v) is 6.51. The Kier molecular flexibility index (Phi) is 6.04. The predicted molar refractivity (Wildman–Crippen MR) is 119 cm³/mol. The zero-order chi connectivity index (χ0) is 21.2. The van der Waals surface area contributed by atoms with Gasteiger partial charge in [0.15, 0.2) is 5.13 Å². The summed E-state index contributed by atoms with van der Waals surface area (Å²) >= 11 is 1.31. The van der Waals surface area contributed by atoms with Gasteiger partial charge >= 0.3 is 0 Å². The normalized spacial score (nSPS) is 11.3. The van der Waals surface area contributed by atoms with Crippen LogP contribution in [0.4, 0.5) is 10.8 Å². The van der Waals surface area contributed by atoms with Gasteiger partial charge in [0, 0.05) is 10.9 Å². The van der Waals surface area contributed by atoms with Gasteiger partial charge in [0.2, 0.25) is 15.9 Å². The third-order valence-electron chi connectivity index (χ3n) is 4.62. The fourth-order valence-electron chi connectivity index (χ4n) is 2.88. The largest absolute Gasteiger partial charge is 0.300 e. The minimum atomic E-state index is -3.62. The van der Waals surface area contributed by atoms with Crippen LogP contribution in [-0.2, 0) is 14.8 Å². The molecule has 0 fully saturated rings. The third kappa shape index (κ3) is 5.02. The smallest absolute Gasteiger partial charge is 0.246 e. The van der Waals surface area contributed by atoms with E-state index in [1.807, 2.05) is 50.4 Å². The van der Waals surface area contributed by atoms with Crippen LogP contribution < -0.4 is 9.62 Å². The Labute approximate surface area is 175 Å². The molecule has 1 N–H and O–H groups in total. The molecule has 152 valence electrons. The molecule has 0 saturated heterocycles. The number of aromatic nitrogens is 1. The number of hydrogen-bond acceptors (Lipinski definition) is 5. The van der Waals surface area contributed by atoms with Crippen LogP contribution in [0.5, 0.6) is 0 Å². The first-order valence-electron chi connectivity index (χ1n) is 9.01. The Balaban J connectivity index is 1.77. The molecule has 1 aromatic heterocycles. The summed E-state index contributed by atoms with van der Waals surface area (Å²) in [6.07, 6.45) is 1.09. The van der Waals surface area contributed by atoms with Crippen LogP contribution in [0.15, 0.2) is 47.8 Å². The van der Waals surface area contributed by atoms with E-state index in [1.54, 1.807) is 12.1 Å². The van der Waals surface area contributed by atoms with Gasteiger partial charge in [0.05, 0.1) is 17.6 Å². The van der Waals surface area contributed by atoms with E-state index in [0.717, 1.165) is 27.4 Å². The Hall–Kier alpha value is -2.71. The second-order valence-electron chi connectivity index (χ2n) is 6.94. The van der Waals surface area contributed by atoms with Crippen molar-refractivity contribution in [1.82, 2.24) is 4.98 Å². The molecule has 1 amide bonds. The number of aryl methyl sites for hydroxylation is 3. The highest BCUT2D eigenvalue weighted by Gasteiger charge is 2.22. The van der Waals surface area contributed by atoms with Gasteiger partial charge in [-0.15, -0.1) is 11.3 Å². The van der Waals surface area contributed by atoms with Gasteiger partial charge in [-0.3, -0.25) is 9.10 Å².